The first kappa shape index (κ1) is 15.8. The summed E-state index contributed by atoms with van der Waals surface area (Å²) >= 11 is 1.33. The average Bonchev–Trinajstić information content (AvgIpc) is 2.83. The smallest absolute Gasteiger partial charge is 0.326 e. The fourth-order valence-electron chi connectivity index (χ4n) is 2.24. The number of hydrogen-bond donors (Lipinski definition) is 2. The van der Waals surface area contributed by atoms with E-state index in [1.807, 2.05) is 0 Å². The number of rotatable bonds is 5. The topological polar surface area (TPSA) is 77.8 Å². The van der Waals surface area contributed by atoms with E-state index in [1.165, 1.54) is 28.8 Å². The molecule has 21 heavy (non-hydrogen) atoms. The highest BCUT2D eigenvalue weighted by molar-refractivity contribution is 7.99. The Morgan fingerprint density at radius 3 is 2.62 bits per heavy atom. The number of amides is 1. The van der Waals surface area contributed by atoms with Gasteiger partial charge in [-0.2, -0.15) is 0 Å². The number of aliphatic hydroxyl groups excluding tert-OH is 1. The Hall–Kier alpha value is -1.60. The Kier molecular flexibility index (Phi) is 5.19. The minimum atomic E-state index is -1.09. The van der Waals surface area contributed by atoms with Crippen LogP contribution in [0.4, 0.5) is 4.39 Å². The van der Waals surface area contributed by atoms with Crippen molar-refractivity contribution < 1.29 is 24.2 Å². The predicted octanol–water partition coefficient (Wildman–Crippen LogP) is 1.11. The summed E-state index contributed by atoms with van der Waals surface area (Å²) in [6.45, 7) is 0.0624. The summed E-state index contributed by atoms with van der Waals surface area (Å²) in [4.78, 5) is 24.3. The van der Waals surface area contributed by atoms with Crippen molar-refractivity contribution in [3.05, 3.63) is 35.6 Å². The quantitative estimate of drug-likeness (QED) is 0.851. The summed E-state index contributed by atoms with van der Waals surface area (Å²) in [5, 5.41) is 18.5. The van der Waals surface area contributed by atoms with Gasteiger partial charge in [-0.05, 0) is 17.7 Å². The molecule has 2 atom stereocenters. The summed E-state index contributed by atoms with van der Waals surface area (Å²) in [6, 6.07) is 5.06. The van der Waals surface area contributed by atoms with E-state index in [1.54, 1.807) is 12.1 Å². The number of likely N-dealkylation sites (tertiary alicyclic amines) is 1. The summed E-state index contributed by atoms with van der Waals surface area (Å²) in [7, 11) is 0. The van der Waals surface area contributed by atoms with Crippen molar-refractivity contribution in [2.24, 2.45) is 0 Å². The van der Waals surface area contributed by atoms with Gasteiger partial charge < -0.3 is 15.1 Å². The number of carboxylic acids is 1. The first-order valence-electron chi connectivity index (χ1n) is 6.50. The van der Waals surface area contributed by atoms with E-state index in [0.717, 1.165) is 5.56 Å². The van der Waals surface area contributed by atoms with Crippen molar-refractivity contribution in [3.8, 4) is 0 Å². The van der Waals surface area contributed by atoms with Crippen LogP contribution >= 0.6 is 11.8 Å². The molecular formula is C14H16FNO4S. The summed E-state index contributed by atoms with van der Waals surface area (Å²) in [6.07, 6.45) is -0.707. The van der Waals surface area contributed by atoms with Gasteiger partial charge in [-0.15, -0.1) is 11.8 Å². The van der Waals surface area contributed by atoms with Crippen molar-refractivity contribution in [2.45, 2.75) is 24.3 Å². The van der Waals surface area contributed by atoms with E-state index in [2.05, 4.69) is 0 Å². The molecule has 0 spiro atoms. The van der Waals surface area contributed by atoms with Gasteiger partial charge in [0.25, 0.3) is 0 Å². The number of nitrogens with zero attached hydrogens (tertiary/aromatic N) is 1. The normalized spacial score (nSPS) is 21.5. The van der Waals surface area contributed by atoms with E-state index < -0.39 is 18.1 Å². The Balaban J connectivity index is 1.84. The van der Waals surface area contributed by atoms with Crippen molar-refractivity contribution >= 4 is 23.6 Å². The van der Waals surface area contributed by atoms with Crippen LogP contribution < -0.4 is 0 Å². The fourth-order valence-corrected chi connectivity index (χ4v) is 3.11. The molecule has 2 N–H and O–H groups in total. The number of benzene rings is 1. The average molecular weight is 313 g/mol. The van der Waals surface area contributed by atoms with E-state index in [-0.39, 0.29) is 30.4 Å². The maximum absolute atomic E-state index is 12.7. The minimum absolute atomic E-state index is 0.0624. The monoisotopic (exact) mass is 313 g/mol. The number of aliphatic carboxylic acids is 1. The third kappa shape index (κ3) is 4.18. The van der Waals surface area contributed by atoms with Gasteiger partial charge in [-0.1, -0.05) is 12.1 Å². The SMILES string of the molecule is O=C(O)[C@@H]1CC(O)CN1C(=O)CSCc1ccc(F)cc1. The van der Waals surface area contributed by atoms with E-state index >= 15 is 0 Å². The molecule has 1 unspecified atom stereocenters. The molecule has 1 aliphatic heterocycles. The number of carbonyl (C=O) groups excluding carboxylic acids is 1. The van der Waals surface area contributed by atoms with E-state index in [4.69, 9.17) is 5.11 Å². The molecule has 0 radical (unpaired) electrons. The number of carbonyl (C=O) groups is 2. The van der Waals surface area contributed by atoms with E-state index in [0.29, 0.717) is 5.75 Å². The Labute approximate surface area is 125 Å². The molecular weight excluding hydrogens is 297 g/mol. The molecule has 2 rings (SSSR count). The van der Waals surface area contributed by atoms with Crippen molar-refractivity contribution in [3.63, 3.8) is 0 Å². The van der Waals surface area contributed by atoms with Gasteiger partial charge >= 0.3 is 5.97 Å². The molecule has 1 fully saturated rings. The molecule has 1 amide bonds. The van der Waals surface area contributed by atoms with Crippen LogP contribution in [0.5, 0.6) is 0 Å². The number of thioether (sulfide) groups is 1. The van der Waals surface area contributed by atoms with Crippen LogP contribution in [0.1, 0.15) is 12.0 Å². The molecule has 0 aliphatic carbocycles. The fraction of sp³-hybridized carbons (Fsp3) is 0.429. The molecule has 1 heterocycles. The lowest BCUT2D eigenvalue weighted by Crippen LogP contribution is -2.41. The third-order valence-electron chi connectivity index (χ3n) is 3.29. The summed E-state index contributed by atoms with van der Waals surface area (Å²) in [5.41, 5.74) is 0.894. The van der Waals surface area contributed by atoms with Crippen LogP contribution in [0.2, 0.25) is 0 Å². The second-order valence-corrected chi connectivity index (χ2v) is 5.89. The largest absolute Gasteiger partial charge is 0.480 e. The number of aliphatic hydroxyl groups is 1. The minimum Gasteiger partial charge on any atom is -0.480 e. The maximum atomic E-state index is 12.7. The second-order valence-electron chi connectivity index (χ2n) is 4.91. The molecule has 1 saturated heterocycles. The lowest BCUT2D eigenvalue weighted by molar-refractivity contribution is -0.147. The van der Waals surface area contributed by atoms with Gasteiger partial charge in [0.1, 0.15) is 11.9 Å². The molecule has 1 aromatic rings. The lowest BCUT2D eigenvalue weighted by atomic mass is 10.2. The number of halogens is 1. The molecule has 1 aliphatic rings. The molecule has 114 valence electrons. The third-order valence-corrected chi connectivity index (χ3v) is 4.28. The zero-order chi connectivity index (χ0) is 15.4. The van der Waals surface area contributed by atoms with E-state index in [9.17, 15) is 19.1 Å². The highest BCUT2D eigenvalue weighted by Gasteiger charge is 2.38. The highest BCUT2D eigenvalue weighted by atomic mass is 32.2. The number of carboxylic acid groups (broad SMARTS) is 1. The Morgan fingerprint density at radius 1 is 1.33 bits per heavy atom. The van der Waals surface area contributed by atoms with Crippen LogP contribution in [0.15, 0.2) is 24.3 Å². The second kappa shape index (κ2) is 6.91. The van der Waals surface area contributed by atoms with Crippen molar-refractivity contribution in [1.29, 1.82) is 0 Å². The maximum Gasteiger partial charge on any atom is 0.326 e. The number of β-amino-alcohol motifs (C(OH)–C–C–N with tert-alkyl or cyclic N) is 1. The molecule has 0 bridgehead atoms. The van der Waals surface area contributed by atoms with Crippen LogP contribution in [0.3, 0.4) is 0 Å². The standard InChI is InChI=1S/C14H16FNO4S/c15-10-3-1-9(2-4-10)7-21-8-13(18)16-6-11(17)5-12(16)14(19)20/h1-4,11-12,17H,5-8H2,(H,19,20)/t11?,12-/m0/s1. The molecule has 7 heteroatoms. The van der Waals surface area contributed by atoms with Gasteiger partial charge in [0.05, 0.1) is 11.9 Å². The zero-order valence-electron chi connectivity index (χ0n) is 11.2. The van der Waals surface area contributed by atoms with Crippen LogP contribution in [-0.4, -0.2) is 51.4 Å². The molecule has 5 nitrogen and oxygen atoms in total. The molecule has 1 aromatic carbocycles. The summed E-state index contributed by atoms with van der Waals surface area (Å²) in [5.74, 6) is -1.03. The van der Waals surface area contributed by atoms with Gasteiger partial charge in [-0.25, -0.2) is 9.18 Å². The first-order chi connectivity index (χ1) is 9.97. The van der Waals surface area contributed by atoms with Crippen LogP contribution in [-0.2, 0) is 15.3 Å². The van der Waals surface area contributed by atoms with Crippen LogP contribution in [0.25, 0.3) is 0 Å². The van der Waals surface area contributed by atoms with Crippen molar-refractivity contribution in [2.75, 3.05) is 12.3 Å². The molecule has 0 saturated carbocycles. The lowest BCUT2D eigenvalue weighted by Gasteiger charge is -2.20. The highest BCUT2D eigenvalue weighted by Crippen LogP contribution is 2.20. The predicted molar refractivity (Wildman–Crippen MR) is 76.3 cm³/mol. The first-order valence-corrected chi connectivity index (χ1v) is 7.65. The number of hydrogen-bond acceptors (Lipinski definition) is 4. The van der Waals surface area contributed by atoms with Crippen molar-refractivity contribution in [1.82, 2.24) is 4.90 Å². The summed E-state index contributed by atoms with van der Waals surface area (Å²) < 4.78 is 12.7. The van der Waals surface area contributed by atoms with Crippen LogP contribution in [0, 0.1) is 5.82 Å². The van der Waals surface area contributed by atoms with Gasteiger partial charge in [0.15, 0.2) is 0 Å². The van der Waals surface area contributed by atoms with Gasteiger partial charge in [0, 0.05) is 18.7 Å². The molecule has 0 aromatic heterocycles. The van der Waals surface area contributed by atoms with Gasteiger partial charge in [-0.3, -0.25) is 4.79 Å². The van der Waals surface area contributed by atoms with Gasteiger partial charge in [0.2, 0.25) is 5.91 Å². The Bertz CT molecular complexity index is 522. The zero-order valence-corrected chi connectivity index (χ0v) is 12.1. The Morgan fingerprint density at radius 2 is 2.00 bits per heavy atom.